The molecule has 0 saturated heterocycles. The molecule has 1 atom stereocenters. The summed E-state index contributed by atoms with van der Waals surface area (Å²) >= 11 is 0. The van der Waals surface area contributed by atoms with E-state index >= 15 is 0 Å². The molecule has 0 spiro atoms. The van der Waals surface area contributed by atoms with Gasteiger partial charge in [0.25, 0.3) is 0 Å². The molecule has 1 aromatic heterocycles. The number of nitrogens with one attached hydrogen (secondary N) is 1. The maximum Gasteiger partial charge on any atom is 0.0572 e. The summed E-state index contributed by atoms with van der Waals surface area (Å²) in [5.41, 5.74) is 2.30. The van der Waals surface area contributed by atoms with Gasteiger partial charge in [-0.15, -0.1) is 0 Å². The topological polar surface area (TPSA) is 28.2 Å². The molecule has 1 heterocycles. The first-order chi connectivity index (χ1) is 7.69. The molecule has 0 aromatic carbocycles. The van der Waals surface area contributed by atoms with Crippen LogP contribution in [-0.4, -0.2) is 25.1 Å². The Balaban J connectivity index is 2.67. The highest BCUT2D eigenvalue weighted by Gasteiger charge is 2.06. The fraction of sp³-hybridized carbons (Fsp3) is 0.615. The van der Waals surface area contributed by atoms with E-state index in [1.54, 1.807) is 0 Å². The van der Waals surface area contributed by atoms with Crippen LogP contribution in [0, 0.1) is 0 Å². The number of hydrogen-bond donors (Lipinski definition) is 1. The Bertz CT molecular complexity index is 264. The third kappa shape index (κ3) is 3.49. The third-order valence-corrected chi connectivity index (χ3v) is 2.72. The lowest BCUT2D eigenvalue weighted by Crippen LogP contribution is -2.20. The first-order valence-corrected chi connectivity index (χ1v) is 6.09. The molecular formula is C13H23N3. The van der Waals surface area contributed by atoms with E-state index in [4.69, 9.17) is 0 Å². The molecule has 0 saturated carbocycles. The van der Waals surface area contributed by atoms with Crippen LogP contribution in [-0.2, 0) is 0 Å². The van der Waals surface area contributed by atoms with E-state index < -0.39 is 0 Å². The molecule has 0 aliphatic rings. The molecule has 1 N–H and O–H groups in total. The predicted molar refractivity (Wildman–Crippen MR) is 69.9 cm³/mol. The summed E-state index contributed by atoms with van der Waals surface area (Å²) in [7, 11) is 2.11. The smallest absolute Gasteiger partial charge is 0.0572 e. The summed E-state index contributed by atoms with van der Waals surface area (Å²) in [6, 6.07) is 4.58. The lowest BCUT2D eigenvalue weighted by Gasteiger charge is -2.19. The zero-order valence-corrected chi connectivity index (χ0v) is 10.8. The first kappa shape index (κ1) is 13.0. The first-order valence-electron chi connectivity index (χ1n) is 6.09. The monoisotopic (exact) mass is 221 g/mol. The highest BCUT2D eigenvalue weighted by atomic mass is 15.1. The average molecular weight is 221 g/mol. The van der Waals surface area contributed by atoms with Gasteiger partial charge < -0.3 is 10.2 Å². The number of rotatable bonds is 6. The van der Waals surface area contributed by atoms with E-state index in [1.807, 2.05) is 6.20 Å². The highest BCUT2D eigenvalue weighted by Crippen LogP contribution is 2.15. The fourth-order valence-corrected chi connectivity index (χ4v) is 1.75. The minimum absolute atomic E-state index is 0.329. The predicted octanol–water partition coefficient (Wildman–Crippen LogP) is 2.60. The minimum Gasteiger partial charge on any atom is -0.373 e. The van der Waals surface area contributed by atoms with Crippen LogP contribution in [0.2, 0.25) is 0 Å². The fourth-order valence-electron chi connectivity index (χ4n) is 1.75. The molecule has 1 unspecified atom stereocenters. The molecule has 0 bridgehead atoms. The second kappa shape index (κ2) is 6.48. The van der Waals surface area contributed by atoms with Crippen LogP contribution < -0.4 is 10.2 Å². The molecule has 16 heavy (non-hydrogen) atoms. The maximum absolute atomic E-state index is 4.50. The molecule has 0 aliphatic carbocycles. The standard InChI is InChI=1S/C13H23N3/c1-5-9-16(4)12-7-8-13(15-10-12)11(3)14-6-2/h7-8,10-11,14H,5-6,9H2,1-4H3. The van der Waals surface area contributed by atoms with Crippen LogP contribution in [0.4, 0.5) is 5.69 Å². The molecule has 3 heteroatoms. The van der Waals surface area contributed by atoms with Crippen molar-refractivity contribution < 1.29 is 0 Å². The van der Waals surface area contributed by atoms with Gasteiger partial charge in [0.05, 0.1) is 17.6 Å². The summed E-state index contributed by atoms with van der Waals surface area (Å²) < 4.78 is 0. The Morgan fingerprint density at radius 2 is 2.12 bits per heavy atom. The van der Waals surface area contributed by atoms with Crippen molar-refractivity contribution >= 4 is 5.69 Å². The van der Waals surface area contributed by atoms with Crippen molar-refractivity contribution in [3.8, 4) is 0 Å². The van der Waals surface area contributed by atoms with Crippen molar-refractivity contribution in [1.82, 2.24) is 10.3 Å². The number of pyridine rings is 1. The molecule has 1 aromatic rings. The van der Waals surface area contributed by atoms with Crippen molar-refractivity contribution in [2.24, 2.45) is 0 Å². The summed E-state index contributed by atoms with van der Waals surface area (Å²) in [5, 5.41) is 3.36. The Morgan fingerprint density at radius 3 is 2.62 bits per heavy atom. The van der Waals surface area contributed by atoms with Crippen molar-refractivity contribution in [3.05, 3.63) is 24.0 Å². The second-order valence-corrected chi connectivity index (χ2v) is 4.14. The van der Waals surface area contributed by atoms with Gasteiger partial charge in [-0.05, 0) is 32.0 Å². The molecule has 3 nitrogen and oxygen atoms in total. The molecule has 0 aliphatic heterocycles. The van der Waals surface area contributed by atoms with Gasteiger partial charge in [0, 0.05) is 19.6 Å². The lowest BCUT2D eigenvalue weighted by molar-refractivity contribution is 0.583. The average Bonchev–Trinajstić information content (AvgIpc) is 2.30. The SMILES string of the molecule is CCCN(C)c1ccc(C(C)NCC)nc1. The van der Waals surface area contributed by atoms with Crippen molar-refractivity contribution in [2.75, 3.05) is 25.0 Å². The molecule has 0 amide bonds. The van der Waals surface area contributed by atoms with Crippen molar-refractivity contribution in [1.29, 1.82) is 0 Å². The van der Waals surface area contributed by atoms with Crippen LogP contribution in [0.15, 0.2) is 18.3 Å². The van der Waals surface area contributed by atoms with Gasteiger partial charge in [0.1, 0.15) is 0 Å². The highest BCUT2D eigenvalue weighted by molar-refractivity contribution is 5.43. The molecule has 0 fully saturated rings. The van der Waals surface area contributed by atoms with Gasteiger partial charge in [0.15, 0.2) is 0 Å². The van der Waals surface area contributed by atoms with Crippen LogP contribution >= 0.6 is 0 Å². The quantitative estimate of drug-likeness (QED) is 0.800. The van der Waals surface area contributed by atoms with Gasteiger partial charge in [-0.1, -0.05) is 13.8 Å². The number of hydrogen-bond acceptors (Lipinski definition) is 3. The zero-order valence-electron chi connectivity index (χ0n) is 10.8. The zero-order chi connectivity index (χ0) is 12.0. The summed E-state index contributed by atoms with van der Waals surface area (Å²) in [5.74, 6) is 0. The molecule has 90 valence electrons. The number of aromatic nitrogens is 1. The molecular weight excluding hydrogens is 198 g/mol. The number of anilines is 1. The Hall–Kier alpha value is -1.09. The Kier molecular flexibility index (Phi) is 5.26. The van der Waals surface area contributed by atoms with E-state index in [0.29, 0.717) is 6.04 Å². The van der Waals surface area contributed by atoms with Gasteiger partial charge in [-0.3, -0.25) is 4.98 Å². The third-order valence-electron chi connectivity index (χ3n) is 2.72. The van der Waals surface area contributed by atoms with Crippen LogP contribution in [0.3, 0.4) is 0 Å². The minimum atomic E-state index is 0.329. The normalized spacial score (nSPS) is 12.5. The van der Waals surface area contributed by atoms with Gasteiger partial charge in [0.2, 0.25) is 0 Å². The van der Waals surface area contributed by atoms with E-state index in [-0.39, 0.29) is 0 Å². The lowest BCUT2D eigenvalue weighted by atomic mass is 10.2. The van der Waals surface area contributed by atoms with E-state index in [2.05, 4.69) is 55.2 Å². The Labute approximate surface area is 98.9 Å². The van der Waals surface area contributed by atoms with Crippen molar-refractivity contribution in [2.45, 2.75) is 33.2 Å². The van der Waals surface area contributed by atoms with Gasteiger partial charge in [-0.25, -0.2) is 0 Å². The molecule has 1 rings (SSSR count). The second-order valence-electron chi connectivity index (χ2n) is 4.14. The molecule has 0 radical (unpaired) electrons. The maximum atomic E-state index is 4.50. The summed E-state index contributed by atoms with van der Waals surface area (Å²) in [6.45, 7) is 8.48. The summed E-state index contributed by atoms with van der Waals surface area (Å²) in [6.07, 6.45) is 3.12. The van der Waals surface area contributed by atoms with E-state index in [1.165, 1.54) is 5.69 Å². The summed E-state index contributed by atoms with van der Waals surface area (Å²) in [4.78, 5) is 6.73. The van der Waals surface area contributed by atoms with Gasteiger partial charge >= 0.3 is 0 Å². The van der Waals surface area contributed by atoms with E-state index in [0.717, 1.165) is 25.2 Å². The van der Waals surface area contributed by atoms with Crippen molar-refractivity contribution in [3.63, 3.8) is 0 Å². The number of nitrogens with zero attached hydrogens (tertiary/aromatic N) is 2. The Morgan fingerprint density at radius 1 is 1.38 bits per heavy atom. The largest absolute Gasteiger partial charge is 0.373 e. The van der Waals surface area contributed by atoms with E-state index in [9.17, 15) is 0 Å². The van der Waals surface area contributed by atoms with Crippen LogP contribution in [0.25, 0.3) is 0 Å². The van der Waals surface area contributed by atoms with Gasteiger partial charge in [-0.2, -0.15) is 0 Å². The van der Waals surface area contributed by atoms with Crippen LogP contribution in [0.1, 0.15) is 38.9 Å². The van der Waals surface area contributed by atoms with Crippen LogP contribution in [0.5, 0.6) is 0 Å².